The predicted octanol–water partition coefficient (Wildman–Crippen LogP) is 0.503. The molecule has 0 spiro atoms. The van der Waals surface area contributed by atoms with Crippen molar-refractivity contribution < 1.29 is 9.53 Å². The van der Waals surface area contributed by atoms with E-state index in [1.54, 1.807) is 7.11 Å². The van der Waals surface area contributed by atoms with Crippen LogP contribution in [0.4, 0.5) is 0 Å². The second-order valence-corrected chi connectivity index (χ2v) is 5.57. The number of rotatable bonds is 4. The molecule has 0 bridgehead atoms. The van der Waals surface area contributed by atoms with E-state index in [4.69, 9.17) is 10.6 Å². The molecule has 1 aliphatic carbocycles. The van der Waals surface area contributed by atoms with E-state index in [0.29, 0.717) is 6.61 Å². The summed E-state index contributed by atoms with van der Waals surface area (Å²) in [5, 5.41) is 0. The molecule has 1 amide bonds. The number of hydrogen-bond donors (Lipinski definition) is 2. The highest BCUT2D eigenvalue weighted by Crippen LogP contribution is 2.36. The van der Waals surface area contributed by atoms with Crippen LogP contribution in [0.5, 0.6) is 0 Å². The molecule has 1 aliphatic heterocycles. The van der Waals surface area contributed by atoms with Crippen molar-refractivity contribution in [3.8, 4) is 0 Å². The van der Waals surface area contributed by atoms with E-state index >= 15 is 0 Å². The summed E-state index contributed by atoms with van der Waals surface area (Å²) in [4.78, 5) is 14.1. The van der Waals surface area contributed by atoms with E-state index in [0.717, 1.165) is 24.9 Å². The number of piperidine rings is 1. The molecule has 1 saturated heterocycles. The fourth-order valence-corrected chi connectivity index (χ4v) is 3.51. The number of hydrogen-bond acceptors (Lipinski definition) is 4. The van der Waals surface area contributed by atoms with Crippen molar-refractivity contribution in [3.63, 3.8) is 0 Å². The Bertz CT molecular complexity index is 285. The van der Waals surface area contributed by atoms with Crippen LogP contribution < -0.4 is 11.3 Å². The first-order chi connectivity index (χ1) is 8.76. The Morgan fingerprint density at radius 2 is 2.11 bits per heavy atom. The van der Waals surface area contributed by atoms with Gasteiger partial charge in [0.2, 0.25) is 0 Å². The van der Waals surface area contributed by atoms with Crippen LogP contribution in [0.1, 0.15) is 32.1 Å². The van der Waals surface area contributed by atoms with Crippen LogP contribution in [0.2, 0.25) is 0 Å². The van der Waals surface area contributed by atoms with E-state index < -0.39 is 0 Å². The molecule has 0 aromatic rings. The van der Waals surface area contributed by atoms with Gasteiger partial charge in [-0.2, -0.15) is 0 Å². The highest BCUT2D eigenvalue weighted by Gasteiger charge is 2.35. The number of fused-ring (bicyclic) bond motifs is 1. The number of likely N-dealkylation sites (tertiary alicyclic amines) is 1. The van der Waals surface area contributed by atoms with Crippen molar-refractivity contribution in [1.29, 1.82) is 0 Å². The Morgan fingerprint density at radius 3 is 2.78 bits per heavy atom. The van der Waals surface area contributed by atoms with Crippen LogP contribution in [-0.2, 0) is 9.53 Å². The molecular formula is C13H25N3O2. The zero-order valence-corrected chi connectivity index (χ0v) is 11.2. The van der Waals surface area contributed by atoms with Crippen LogP contribution >= 0.6 is 0 Å². The van der Waals surface area contributed by atoms with Gasteiger partial charge in [0.15, 0.2) is 0 Å². The number of hydrazine groups is 1. The van der Waals surface area contributed by atoms with Crippen molar-refractivity contribution in [3.05, 3.63) is 0 Å². The summed E-state index contributed by atoms with van der Waals surface area (Å²) in [6.45, 7) is 2.43. The number of nitrogens with zero attached hydrogens (tertiary/aromatic N) is 1. The van der Waals surface area contributed by atoms with Crippen LogP contribution in [0.25, 0.3) is 0 Å². The molecule has 2 aliphatic rings. The highest BCUT2D eigenvalue weighted by molar-refractivity contribution is 5.81. The van der Waals surface area contributed by atoms with Gasteiger partial charge in [-0.1, -0.05) is 19.3 Å². The third-order valence-corrected chi connectivity index (χ3v) is 4.53. The van der Waals surface area contributed by atoms with E-state index in [9.17, 15) is 4.79 Å². The van der Waals surface area contributed by atoms with Crippen LogP contribution in [-0.4, -0.2) is 43.7 Å². The first-order valence-electron chi connectivity index (χ1n) is 6.99. The van der Waals surface area contributed by atoms with Crippen molar-refractivity contribution in [2.24, 2.45) is 17.7 Å². The Balaban J connectivity index is 1.96. The average Bonchev–Trinajstić information content (AvgIpc) is 2.43. The summed E-state index contributed by atoms with van der Waals surface area (Å²) in [7, 11) is 1.63. The summed E-state index contributed by atoms with van der Waals surface area (Å²) in [6.07, 6.45) is 6.61. The summed E-state index contributed by atoms with van der Waals surface area (Å²) in [5.41, 5.74) is 2.26. The summed E-state index contributed by atoms with van der Waals surface area (Å²) >= 11 is 0. The standard InChI is InChI=1S/C13H25N3O2/c1-18-9-12(13(17)15-14)16-7-6-10-4-2-3-5-11(10)8-16/h10-12H,2-9,14H2,1H3,(H,15,17). The fourth-order valence-electron chi connectivity index (χ4n) is 3.51. The monoisotopic (exact) mass is 255 g/mol. The minimum absolute atomic E-state index is 0.133. The van der Waals surface area contributed by atoms with Crippen molar-refractivity contribution in [1.82, 2.24) is 10.3 Å². The number of amides is 1. The minimum atomic E-state index is -0.233. The Kier molecular flexibility index (Phi) is 4.97. The number of ether oxygens (including phenoxy) is 1. The number of carbonyl (C=O) groups excluding carboxylic acids is 1. The zero-order valence-electron chi connectivity index (χ0n) is 11.2. The molecule has 18 heavy (non-hydrogen) atoms. The van der Waals surface area contributed by atoms with Crippen LogP contribution in [0.3, 0.4) is 0 Å². The van der Waals surface area contributed by atoms with E-state index in [-0.39, 0.29) is 11.9 Å². The molecule has 2 fully saturated rings. The largest absolute Gasteiger partial charge is 0.383 e. The third-order valence-electron chi connectivity index (χ3n) is 4.53. The first kappa shape index (κ1) is 13.8. The maximum absolute atomic E-state index is 11.8. The third kappa shape index (κ3) is 3.02. The maximum atomic E-state index is 11.8. The number of nitrogens with two attached hydrogens (primary N) is 1. The molecule has 1 saturated carbocycles. The molecule has 3 unspecified atom stereocenters. The molecule has 0 aromatic heterocycles. The lowest BCUT2D eigenvalue weighted by Gasteiger charge is -2.43. The van der Waals surface area contributed by atoms with Crippen molar-refractivity contribution in [2.75, 3.05) is 26.8 Å². The summed E-state index contributed by atoms with van der Waals surface area (Å²) in [6, 6.07) is -0.233. The van der Waals surface area contributed by atoms with Gasteiger partial charge in [-0.15, -0.1) is 0 Å². The van der Waals surface area contributed by atoms with Gasteiger partial charge in [0.25, 0.3) is 5.91 Å². The second-order valence-electron chi connectivity index (χ2n) is 5.57. The van der Waals surface area contributed by atoms with Gasteiger partial charge in [0.1, 0.15) is 6.04 Å². The molecule has 3 N–H and O–H groups in total. The van der Waals surface area contributed by atoms with Crippen molar-refractivity contribution >= 4 is 5.91 Å². The predicted molar refractivity (Wildman–Crippen MR) is 69.6 cm³/mol. The van der Waals surface area contributed by atoms with Crippen LogP contribution in [0, 0.1) is 11.8 Å². The molecular weight excluding hydrogens is 230 g/mol. The number of methoxy groups -OCH3 is 1. The molecule has 104 valence electrons. The van der Waals surface area contributed by atoms with Gasteiger partial charge >= 0.3 is 0 Å². The lowest BCUT2D eigenvalue weighted by Crippen LogP contribution is -2.55. The Hall–Kier alpha value is -0.650. The van der Waals surface area contributed by atoms with Crippen LogP contribution in [0.15, 0.2) is 0 Å². The number of carbonyl (C=O) groups is 1. The quantitative estimate of drug-likeness (QED) is 0.436. The Labute approximate surface area is 109 Å². The Morgan fingerprint density at radius 1 is 1.39 bits per heavy atom. The molecule has 5 nitrogen and oxygen atoms in total. The van der Waals surface area contributed by atoms with Crippen molar-refractivity contribution in [2.45, 2.75) is 38.1 Å². The SMILES string of the molecule is COCC(C(=O)NN)N1CCC2CCCCC2C1. The number of nitrogens with one attached hydrogen (secondary N) is 1. The van der Waals surface area contributed by atoms with E-state index in [2.05, 4.69) is 10.3 Å². The zero-order chi connectivity index (χ0) is 13.0. The molecule has 2 rings (SSSR count). The van der Waals surface area contributed by atoms with Gasteiger partial charge in [-0.25, -0.2) is 5.84 Å². The topological polar surface area (TPSA) is 67.6 Å². The molecule has 1 heterocycles. The highest BCUT2D eigenvalue weighted by atomic mass is 16.5. The van der Waals surface area contributed by atoms with E-state index in [1.807, 2.05) is 0 Å². The molecule has 0 radical (unpaired) electrons. The van der Waals surface area contributed by atoms with Gasteiger partial charge in [0.05, 0.1) is 6.61 Å². The normalized spacial score (nSPS) is 30.6. The first-order valence-corrected chi connectivity index (χ1v) is 6.99. The van der Waals surface area contributed by atoms with Gasteiger partial charge in [-0.05, 0) is 31.2 Å². The summed E-state index contributed by atoms with van der Waals surface area (Å²) in [5.74, 6) is 6.76. The fraction of sp³-hybridized carbons (Fsp3) is 0.923. The minimum Gasteiger partial charge on any atom is -0.383 e. The second kappa shape index (κ2) is 6.50. The lowest BCUT2D eigenvalue weighted by molar-refractivity contribution is -0.130. The smallest absolute Gasteiger partial charge is 0.253 e. The molecule has 5 heteroatoms. The van der Waals surface area contributed by atoms with Gasteiger partial charge in [-0.3, -0.25) is 15.1 Å². The van der Waals surface area contributed by atoms with Gasteiger partial charge < -0.3 is 4.74 Å². The molecule has 0 aromatic carbocycles. The maximum Gasteiger partial charge on any atom is 0.253 e. The molecule has 3 atom stereocenters. The van der Waals surface area contributed by atoms with Gasteiger partial charge in [0, 0.05) is 13.7 Å². The average molecular weight is 255 g/mol. The summed E-state index contributed by atoms with van der Waals surface area (Å²) < 4.78 is 5.16. The van der Waals surface area contributed by atoms with E-state index in [1.165, 1.54) is 32.1 Å². The lowest BCUT2D eigenvalue weighted by atomic mass is 9.75.